The number of rotatable bonds is 3. The van der Waals surface area contributed by atoms with Crippen LogP contribution in [0.15, 0.2) is 54.9 Å². The van der Waals surface area contributed by atoms with Crippen LogP contribution in [0, 0.1) is 0 Å². The lowest BCUT2D eigenvalue weighted by Crippen LogP contribution is -2.33. The quantitative estimate of drug-likeness (QED) is 0.810. The Morgan fingerprint density at radius 2 is 1.65 bits per heavy atom. The lowest BCUT2D eigenvalue weighted by atomic mass is 10.00. The molecule has 4 heteroatoms. The summed E-state index contributed by atoms with van der Waals surface area (Å²) in [7, 11) is 0. The number of nitrogens with zero attached hydrogens (tertiary/aromatic N) is 1. The third kappa shape index (κ3) is 3.01. The summed E-state index contributed by atoms with van der Waals surface area (Å²) in [6.07, 6.45) is 3.51. The van der Waals surface area contributed by atoms with Gasteiger partial charge in [0.25, 0.3) is 0 Å². The summed E-state index contributed by atoms with van der Waals surface area (Å²) in [4.78, 5) is 4.01. The molecule has 86 valence electrons. The van der Waals surface area contributed by atoms with E-state index in [4.69, 9.17) is 18.0 Å². The number of benzene rings is 1. The predicted molar refractivity (Wildman–Crippen MR) is 72.4 cm³/mol. The average Bonchev–Trinajstić information content (AvgIpc) is 2.38. The largest absolute Gasteiger partial charge is 0.376 e. The van der Waals surface area contributed by atoms with E-state index in [9.17, 15) is 0 Å². The van der Waals surface area contributed by atoms with Crippen LogP contribution in [-0.2, 0) is 0 Å². The van der Waals surface area contributed by atoms with Gasteiger partial charge >= 0.3 is 0 Å². The van der Waals surface area contributed by atoms with Gasteiger partial charge in [-0.15, -0.1) is 0 Å². The minimum Gasteiger partial charge on any atom is -0.376 e. The highest BCUT2D eigenvalue weighted by Crippen LogP contribution is 2.20. The number of nitrogens with one attached hydrogen (secondary N) is 1. The number of hydrogen-bond acceptors (Lipinski definition) is 2. The zero-order valence-corrected chi connectivity index (χ0v) is 10.0. The molecular formula is C13H13N3S. The van der Waals surface area contributed by atoms with Crippen molar-refractivity contribution < 1.29 is 0 Å². The van der Waals surface area contributed by atoms with Gasteiger partial charge in [-0.1, -0.05) is 30.3 Å². The molecule has 3 nitrogen and oxygen atoms in total. The zero-order valence-electron chi connectivity index (χ0n) is 9.21. The lowest BCUT2D eigenvalue weighted by molar-refractivity contribution is 0.763. The first-order valence-corrected chi connectivity index (χ1v) is 5.69. The summed E-state index contributed by atoms with van der Waals surface area (Å²) in [5, 5.41) is 3.38. The third-order valence-electron chi connectivity index (χ3n) is 2.46. The van der Waals surface area contributed by atoms with Crippen molar-refractivity contribution in [2.45, 2.75) is 6.04 Å². The van der Waals surface area contributed by atoms with Crippen LogP contribution in [0.1, 0.15) is 17.2 Å². The van der Waals surface area contributed by atoms with Gasteiger partial charge in [-0.3, -0.25) is 4.98 Å². The van der Waals surface area contributed by atoms with E-state index >= 15 is 0 Å². The Kier molecular flexibility index (Phi) is 3.67. The van der Waals surface area contributed by atoms with Gasteiger partial charge in [0.05, 0.1) is 6.04 Å². The Labute approximate surface area is 106 Å². The van der Waals surface area contributed by atoms with Crippen LogP contribution in [0.3, 0.4) is 0 Å². The van der Waals surface area contributed by atoms with E-state index in [-0.39, 0.29) is 11.2 Å². The van der Waals surface area contributed by atoms with Crippen molar-refractivity contribution in [2.24, 2.45) is 5.73 Å². The van der Waals surface area contributed by atoms with Crippen molar-refractivity contribution in [3.63, 3.8) is 0 Å². The molecule has 0 spiro atoms. The maximum Gasteiger partial charge on any atom is 0.164 e. The van der Waals surface area contributed by atoms with Crippen molar-refractivity contribution in [3.05, 3.63) is 66.0 Å². The second-order valence-electron chi connectivity index (χ2n) is 3.63. The first-order valence-electron chi connectivity index (χ1n) is 5.28. The Morgan fingerprint density at radius 1 is 1.06 bits per heavy atom. The fourth-order valence-corrected chi connectivity index (χ4v) is 1.82. The number of pyridine rings is 1. The molecule has 1 heterocycles. The van der Waals surface area contributed by atoms with Crippen LogP contribution in [0.2, 0.25) is 0 Å². The number of nitrogens with two attached hydrogens (primary N) is 1. The first-order chi connectivity index (χ1) is 8.27. The monoisotopic (exact) mass is 243 g/mol. The molecule has 0 amide bonds. The zero-order chi connectivity index (χ0) is 12.1. The van der Waals surface area contributed by atoms with Gasteiger partial charge in [0.15, 0.2) is 5.11 Å². The third-order valence-corrected chi connectivity index (χ3v) is 2.58. The SMILES string of the molecule is NC(=S)NC(c1ccccc1)c1ccncc1. The fraction of sp³-hybridized carbons (Fsp3) is 0.0769. The van der Waals surface area contributed by atoms with Crippen molar-refractivity contribution >= 4 is 17.3 Å². The molecule has 0 saturated heterocycles. The van der Waals surface area contributed by atoms with Crippen molar-refractivity contribution in [1.82, 2.24) is 10.3 Å². The van der Waals surface area contributed by atoms with Crippen molar-refractivity contribution in [2.75, 3.05) is 0 Å². The van der Waals surface area contributed by atoms with Gasteiger partial charge in [-0.25, -0.2) is 0 Å². The summed E-state index contributed by atoms with van der Waals surface area (Å²) in [5.41, 5.74) is 7.77. The van der Waals surface area contributed by atoms with Crippen LogP contribution < -0.4 is 11.1 Å². The number of aromatic nitrogens is 1. The molecule has 0 aliphatic carbocycles. The van der Waals surface area contributed by atoms with Gasteiger partial charge in [0.1, 0.15) is 0 Å². The van der Waals surface area contributed by atoms with Crippen molar-refractivity contribution in [1.29, 1.82) is 0 Å². The molecule has 1 atom stereocenters. The van der Waals surface area contributed by atoms with Crippen LogP contribution in [-0.4, -0.2) is 10.1 Å². The fourth-order valence-electron chi connectivity index (χ4n) is 1.70. The summed E-state index contributed by atoms with van der Waals surface area (Å²) < 4.78 is 0. The first kappa shape index (κ1) is 11.5. The topological polar surface area (TPSA) is 50.9 Å². The van der Waals surface area contributed by atoms with Gasteiger partial charge in [-0.2, -0.15) is 0 Å². The molecular weight excluding hydrogens is 230 g/mol. The Bertz CT molecular complexity index is 445. The molecule has 1 aromatic carbocycles. The molecule has 1 unspecified atom stereocenters. The molecule has 17 heavy (non-hydrogen) atoms. The van der Waals surface area contributed by atoms with E-state index in [2.05, 4.69) is 10.3 Å². The highest BCUT2D eigenvalue weighted by molar-refractivity contribution is 7.80. The van der Waals surface area contributed by atoms with Crippen molar-refractivity contribution in [3.8, 4) is 0 Å². The highest BCUT2D eigenvalue weighted by Gasteiger charge is 2.13. The van der Waals surface area contributed by atoms with E-state index in [1.54, 1.807) is 12.4 Å². The van der Waals surface area contributed by atoms with Crippen LogP contribution >= 0.6 is 12.2 Å². The van der Waals surface area contributed by atoms with Gasteiger partial charge in [0.2, 0.25) is 0 Å². The summed E-state index contributed by atoms with van der Waals surface area (Å²) in [6, 6.07) is 13.9. The van der Waals surface area contributed by atoms with E-state index in [0.717, 1.165) is 11.1 Å². The predicted octanol–water partition coefficient (Wildman–Crippen LogP) is 2.00. The van der Waals surface area contributed by atoms with E-state index in [1.807, 2.05) is 42.5 Å². The molecule has 2 rings (SSSR count). The molecule has 0 aliphatic rings. The molecule has 0 fully saturated rings. The Hall–Kier alpha value is -1.94. The lowest BCUT2D eigenvalue weighted by Gasteiger charge is -2.19. The van der Waals surface area contributed by atoms with Gasteiger partial charge in [0, 0.05) is 12.4 Å². The summed E-state index contributed by atoms with van der Waals surface area (Å²) >= 11 is 4.92. The standard InChI is InChI=1S/C13H13N3S/c14-13(17)16-12(10-4-2-1-3-5-10)11-6-8-15-9-7-11/h1-9,12H,(H3,14,16,17). The van der Waals surface area contributed by atoms with Crippen LogP contribution in [0.4, 0.5) is 0 Å². The second kappa shape index (κ2) is 5.41. The minimum absolute atomic E-state index is 0.0308. The minimum atomic E-state index is -0.0308. The number of hydrogen-bond donors (Lipinski definition) is 2. The van der Waals surface area contributed by atoms with Crippen LogP contribution in [0.25, 0.3) is 0 Å². The number of thiocarbonyl (C=S) groups is 1. The molecule has 0 bridgehead atoms. The summed E-state index contributed by atoms with van der Waals surface area (Å²) in [6.45, 7) is 0. The summed E-state index contributed by atoms with van der Waals surface area (Å²) in [5.74, 6) is 0. The maximum atomic E-state index is 5.57. The Morgan fingerprint density at radius 3 is 2.24 bits per heavy atom. The van der Waals surface area contributed by atoms with Gasteiger partial charge in [-0.05, 0) is 35.5 Å². The van der Waals surface area contributed by atoms with E-state index in [1.165, 1.54) is 0 Å². The molecule has 0 saturated carbocycles. The molecule has 2 aromatic rings. The second-order valence-corrected chi connectivity index (χ2v) is 4.07. The highest BCUT2D eigenvalue weighted by atomic mass is 32.1. The van der Waals surface area contributed by atoms with Crippen LogP contribution in [0.5, 0.6) is 0 Å². The molecule has 1 aromatic heterocycles. The maximum absolute atomic E-state index is 5.57. The van der Waals surface area contributed by atoms with Gasteiger partial charge < -0.3 is 11.1 Å². The molecule has 0 aliphatic heterocycles. The normalized spacial score (nSPS) is 11.8. The average molecular weight is 243 g/mol. The Balaban J connectivity index is 2.36. The van der Waals surface area contributed by atoms with E-state index in [0.29, 0.717) is 0 Å². The van der Waals surface area contributed by atoms with E-state index < -0.39 is 0 Å². The smallest absolute Gasteiger partial charge is 0.164 e. The molecule has 0 radical (unpaired) electrons. The molecule has 3 N–H and O–H groups in total.